The molecule has 0 radical (unpaired) electrons. The number of aliphatic hydroxyl groups is 1. The quantitative estimate of drug-likeness (QED) is 0.704. The number of hydrogen-bond donors (Lipinski definition) is 2. The first kappa shape index (κ1) is 13.2. The average Bonchev–Trinajstić information content (AvgIpc) is 2.41. The lowest BCUT2D eigenvalue weighted by atomic mass is 9.98. The van der Waals surface area contributed by atoms with Gasteiger partial charge >= 0.3 is 0 Å². The third-order valence-electron chi connectivity index (χ3n) is 2.87. The highest BCUT2D eigenvalue weighted by Gasteiger charge is 2.31. The van der Waals surface area contributed by atoms with Crippen molar-refractivity contribution in [1.29, 1.82) is 0 Å². The number of rotatable bonds is 4. The molecule has 0 aliphatic carbocycles. The van der Waals surface area contributed by atoms with Gasteiger partial charge in [-0.3, -0.25) is 19.3 Å². The molecule has 0 spiro atoms. The van der Waals surface area contributed by atoms with Gasteiger partial charge in [-0.2, -0.15) is 0 Å². The van der Waals surface area contributed by atoms with Gasteiger partial charge in [0.2, 0.25) is 11.8 Å². The number of benzene rings is 1. The minimum Gasteiger partial charge on any atom is -0.395 e. The van der Waals surface area contributed by atoms with Gasteiger partial charge in [-0.25, -0.2) is 0 Å². The Morgan fingerprint density at radius 2 is 2.05 bits per heavy atom. The van der Waals surface area contributed by atoms with E-state index in [1.807, 2.05) is 0 Å². The number of carbonyl (C=O) groups is 3. The van der Waals surface area contributed by atoms with Crippen molar-refractivity contribution in [2.75, 3.05) is 19.7 Å². The van der Waals surface area contributed by atoms with E-state index in [4.69, 9.17) is 5.11 Å². The highest BCUT2D eigenvalue weighted by Crippen LogP contribution is 2.19. The van der Waals surface area contributed by atoms with Crippen LogP contribution in [0.1, 0.15) is 15.9 Å². The second-order valence-corrected chi connectivity index (χ2v) is 4.19. The molecule has 1 heterocycles. The lowest BCUT2D eigenvalue weighted by Crippen LogP contribution is -2.47. The summed E-state index contributed by atoms with van der Waals surface area (Å²) in [6.45, 7) is -0.395. The third kappa shape index (κ3) is 2.79. The number of nitrogens with zero attached hydrogens (tertiary/aromatic N) is 1. The summed E-state index contributed by atoms with van der Waals surface area (Å²) in [6.07, 6.45) is 0.120. The standard InChI is InChI=1S/C13H14N2O4/c16-6-5-14-11(17)8-15-12(18)7-9-3-1-2-4-10(9)13(15)19/h1-4,16H,5-8H2,(H,14,17). The minimum absolute atomic E-state index is 0.103. The van der Waals surface area contributed by atoms with E-state index < -0.39 is 11.8 Å². The van der Waals surface area contributed by atoms with E-state index in [2.05, 4.69) is 5.32 Å². The Hall–Kier alpha value is -2.21. The molecule has 0 saturated carbocycles. The lowest BCUT2D eigenvalue weighted by molar-refractivity contribution is -0.133. The molecule has 0 atom stereocenters. The van der Waals surface area contributed by atoms with Crippen LogP contribution in [0.25, 0.3) is 0 Å². The summed E-state index contributed by atoms with van der Waals surface area (Å²) in [5.74, 6) is -1.30. The predicted molar refractivity (Wildman–Crippen MR) is 66.3 cm³/mol. The molecule has 6 nitrogen and oxygen atoms in total. The predicted octanol–water partition coefficient (Wildman–Crippen LogP) is -0.680. The molecule has 2 N–H and O–H groups in total. The van der Waals surface area contributed by atoms with Gasteiger partial charge < -0.3 is 10.4 Å². The molecule has 0 bridgehead atoms. The van der Waals surface area contributed by atoms with Gasteiger partial charge in [0.25, 0.3) is 5.91 Å². The monoisotopic (exact) mass is 262 g/mol. The Labute approximate surface area is 110 Å². The highest BCUT2D eigenvalue weighted by atomic mass is 16.3. The average molecular weight is 262 g/mol. The van der Waals surface area contributed by atoms with E-state index in [-0.39, 0.29) is 32.0 Å². The van der Waals surface area contributed by atoms with Gasteiger partial charge in [0.15, 0.2) is 0 Å². The smallest absolute Gasteiger partial charge is 0.261 e. The first-order chi connectivity index (χ1) is 9.13. The van der Waals surface area contributed by atoms with E-state index in [0.29, 0.717) is 11.1 Å². The van der Waals surface area contributed by atoms with Crippen molar-refractivity contribution in [3.8, 4) is 0 Å². The van der Waals surface area contributed by atoms with Gasteiger partial charge in [0.1, 0.15) is 6.54 Å². The van der Waals surface area contributed by atoms with Gasteiger partial charge in [-0.15, -0.1) is 0 Å². The van der Waals surface area contributed by atoms with Crippen LogP contribution in [0.2, 0.25) is 0 Å². The Morgan fingerprint density at radius 3 is 2.79 bits per heavy atom. The topological polar surface area (TPSA) is 86.7 Å². The van der Waals surface area contributed by atoms with Crippen LogP contribution in [0.15, 0.2) is 24.3 Å². The Bertz CT molecular complexity index is 527. The van der Waals surface area contributed by atoms with E-state index in [0.717, 1.165) is 4.90 Å². The number of amides is 3. The number of carbonyl (C=O) groups excluding carboxylic acids is 3. The summed E-state index contributed by atoms with van der Waals surface area (Å²) in [5.41, 5.74) is 1.14. The fraction of sp³-hybridized carbons (Fsp3) is 0.308. The lowest BCUT2D eigenvalue weighted by Gasteiger charge is -2.26. The van der Waals surface area contributed by atoms with Crippen LogP contribution in [0.4, 0.5) is 0 Å². The van der Waals surface area contributed by atoms with Gasteiger partial charge in [-0.1, -0.05) is 18.2 Å². The van der Waals surface area contributed by atoms with Gasteiger partial charge in [-0.05, 0) is 11.6 Å². The van der Waals surface area contributed by atoms with Crippen molar-refractivity contribution in [2.24, 2.45) is 0 Å². The van der Waals surface area contributed by atoms with E-state index in [1.165, 1.54) is 0 Å². The van der Waals surface area contributed by atoms with Crippen molar-refractivity contribution in [2.45, 2.75) is 6.42 Å². The van der Waals surface area contributed by atoms with E-state index >= 15 is 0 Å². The number of fused-ring (bicyclic) bond motifs is 1. The molecule has 3 amide bonds. The van der Waals surface area contributed by atoms with Crippen LogP contribution < -0.4 is 5.32 Å². The van der Waals surface area contributed by atoms with Crippen molar-refractivity contribution < 1.29 is 19.5 Å². The summed E-state index contributed by atoms with van der Waals surface area (Å²) in [6, 6.07) is 6.86. The summed E-state index contributed by atoms with van der Waals surface area (Å²) >= 11 is 0. The number of nitrogens with one attached hydrogen (secondary N) is 1. The Balaban J connectivity index is 2.13. The Kier molecular flexibility index (Phi) is 3.91. The maximum atomic E-state index is 12.1. The first-order valence-electron chi connectivity index (χ1n) is 5.93. The van der Waals surface area contributed by atoms with Crippen LogP contribution in [0, 0.1) is 0 Å². The fourth-order valence-electron chi connectivity index (χ4n) is 1.95. The zero-order chi connectivity index (χ0) is 13.8. The molecule has 1 aliphatic rings. The number of aliphatic hydroxyl groups excluding tert-OH is 1. The maximum Gasteiger partial charge on any atom is 0.261 e. The molecule has 0 aromatic heterocycles. The molecule has 0 unspecified atom stereocenters. The van der Waals surface area contributed by atoms with Gasteiger partial charge in [0.05, 0.1) is 13.0 Å². The van der Waals surface area contributed by atoms with Crippen molar-refractivity contribution >= 4 is 17.7 Å². The summed E-state index contributed by atoms with van der Waals surface area (Å²) in [5, 5.41) is 11.0. The molecule has 1 aliphatic heterocycles. The summed E-state index contributed by atoms with van der Waals surface area (Å²) in [7, 11) is 0. The van der Waals surface area contributed by atoms with Crippen LogP contribution in [-0.4, -0.2) is 47.4 Å². The molecule has 0 saturated heterocycles. The number of imide groups is 1. The van der Waals surface area contributed by atoms with Crippen molar-refractivity contribution in [3.05, 3.63) is 35.4 Å². The highest BCUT2D eigenvalue weighted by molar-refractivity contribution is 6.11. The van der Waals surface area contributed by atoms with E-state index in [9.17, 15) is 14.4 Å². The summed E-state index contributed by atoms with van der Waals surface area (Å²) < 4.78 is 0. The normalized spacial score (nSPS) is 14.3. The molecule has 1 aromatic rings. The molecule has 19 heavy (non-hydrogen) atoms. The molecule has 1 aromatic carbocycles. The Morgan fingerprint density at radius 1 is 1.32 bits per heavy atom. The van der Waals surface area contributed by atoms with E-state index in [1.54, 1.807) is 24.3 Å². The third-order valence-corrected chi connectivity index (χ3v) is 2.87. The van der Waals surface area contributed by atoms with Crippen LogP contribution in [-0.2, 0) is 16.0 Å². The van der Waals surface area contributed by atoms with Crippen molar-refractivity contribution in [1.82, 2.24) is 10.2 Å². The first-order valence-corrected chi connectivity index (χ1v) is 5.93. The molecular weight excluding hydrogens is 248 g/mol. The molecular formula is C13H14N2O4. The fourth-order valence-corrected chi connectivity index (χ4v) is 1.95. The van der Waals surface area contributed by atoms with Crippen LogP contribution in [0.5, 0.6) is 0 Å². The number of hydrogen-bond acceptors (Lipinski definition) is 4. The van der Waals surface area contributed by atoms with Crippen LogP contribution in [0.3, 0.4) is 0 Å². The second-order valence-electron chi connectivity index (χ2n) is 4.19. The largest absolute Gasteiger partial charge is 0.395 e. The second kappa shape index (κ2) is 5.62. The van der Waals surface area contributed by atoms with Crippen LogP contribution >= 0.6 is 0 Å². The molecule has 2 rings (SSSR count). The maximum absolute atomic E-state index is 12.1. The SMILES string of the molecule is O=C(CN1C(=O)Cc2ccccc2C1=O)NCCO. The molecule has 100 valence electrons. The van der Waals surface area contributed by atoms with Crippen molar-refractivity contribution in [3.63, 3.8) is 0 Å². The minimum atomic E-state index is -0.463. The zero-order valence-corrected chi connectivity index (χ0v) is 10.3. The zero-order valence-electron chi connectivity index (χ0n) is 10.3. The van der Waals surface area contributed by atoms with Gasteiger partial charge in [0, 0.05) is 12.1 Å². The molecule has 6 heteroatoms. The molecule has 0 fully saturated rings. The summed E-state index contributed by atoms with van der Waals surface area (Å²) in [4.78, 5) is 36.4.